The Morgan fingerprint density at radius 3 is 1.05 bits per heavy atom. The van der Waals surface area contributed by atoms with Crippen LogP contribution in [0.25, 0.3) is 0 Å². The van der Waals surface area contributed by atoms with Crippen molar-refractivity contribution >= 4 is 5.91 Å². The Balaban J connectivity index is 3.57. The lowest BCUT2D eigenvalue weighted by Crippen LogP contribution is -2.45. The van der Waals surface area contributed by atoms with Crippen molar-refractivity contribution in [2.75, 3.05) is 6.61 Å². The van der Waals surface area contributed by atoms with Crippen molar-refractivity contribution in [2.24, 2.45) is 0 Å². The third-order valence-corrected chi connectivity index (χ3v) is 12.7. The van der Waals surface area contributed by atoms with Gasteiger partial charge in [-0.1, -0.05) is 275 Å². The van der Waals surface area contributed by atoms with Crippen LogP contribution < -0.4 is 5.32 Å². The lowest BCUT2D eigenvalue weighted by molar-refractivity contribution is -0.124. The van der Waals surface area contributed by atoms with Crippen molar-refractivity contribution in [1.82, 2.24) is 5.32 Å². The van der Waals surface area contributed by atoms with Gasteiger partial charge in [0, 0.05) is 0 Å². The van der Waals surface area contributed by atoms with E-state index >= 15 is 0 Å². The summed E-state index contributed by atoms with van der Waals surface area (Å²) in [5, 5.41) is 33.4. The molecule has 0 aromatic rings. The average Bonchev–Trinajstić information content (AvgIpc) is 3.25. The molecule has 61 heavy (non-hydrogen) atoms. The molecule has 0 aliphatic rings. The number of aliphatic hydroxyl groups excluding tert-OH is 3. The lowest BCUT2D eigenvalue weighted by atomic mass is 10.0. The highest BCUT2D eigenvalue weighted by Crippen LogP contribution is 2.17. The highest BCUT2D eigenvalue weighted by Gasteiger charge is 2.20. The van der Waals surface area contributed by atoms with E-state index in [1.54, 1.807) is 6.08 Å². The molecule has 0 rings (SSSR count). The van der Waals surface area contributed by atoms with Gasteiger partial charge in [-0.2, -0.15) is 0 Å². The van der Waals surface area contributed by atoms with Crippen LogP contribution in [-0.2, 0) is 4.79 Å². The number of aliphatic hydroxyl groups is 3. The highest BCUT2D eigenvalue weighted by molar-refractivity contribution is 5.76. The third-order valence-electron chi connectivity index (χ3n) is 12.7. The monoisotopic (exact) mass is 858 g/mol. The standard InChI is InChI=1S/C56H107NO4/c1-3-5-7-9-11-13-15-17-19-21-23-24-25-26-27-28-29-30-31-32-33-35-37-39-41-43-45-47-49-53(59)51-56(61)57-54(52-58)55(60)50-48-46-44-42-40-38-36-34-22-20-18-16-14-12-10-8-6-4-2/h22,34,40,42,48,50,53-55,58-60H,3-21,23-33,35-39,41,43-47,49,51-52H2,1-2H3,(H,57,61)/b34-22+,42-40+,50-48+. The maximum Gasteiger partial charge on any atom is 0.222 e. The fraction of sp³-hybridized carbons (Fsp3) is 0.875. The van der Waals surface area contributed by atoms with E-state index in [4.69, 9.17) is 0 Å². The molecule has 5 nitrogen and oxygen atoms in total. The molecule has 0 aliphatic carbocycles. The molecule has 5 heteroatoms. The van der Waals surface area contributed by atoms with Crippen LogP contribution in [0.4, 0.5) is 0 Å². The Hall–Kier alpha value is -1.43. The topological polar surface area (TPSA) is 89.8 Å². The van der Waals surface area contributed by atoms with Crippen LogP contribution in [0.3, 0.4) is 0 Å². The molecule has 3 atom stereocenters. The van der Waals surface area contributed by atoms with Gasteiger partial charge >= 0.3 is 0 Å². The molecule has 0 heterocycles. The number of rotatable bonds is 50. The molecule has 0 radical (unpaired) electrons. The molecule has 0 bridgehead atoms. The van der Waals surface area contributed by atoms with E-state index in [2.05, 4.69) is 43.5 Å². The van der Waals surface area contributed by atoms with Gasteiger partial charge < -0.3 is 20.6 Å². The van der Waals surface area contributed by atoms with E-state index in [1.807, 2.05) is 6.08 Å². The van der Waals surface area contributed by atoms with Crippen LogP contribution in [0.1, 0.15) is 290 Å². The zero-order valence-corrected chi connectivity index (χ0v) is 41.1. The van der Waals surface area contributed by atoms with Gasteiger partial charge in [0.25, 0.3) is 0 Å². The smallest absolute Gasteiger partial charge is 0.222 e. The number of amides is 1. The largest absolute Gasteiger partial charge is 0.394 e. The van der Waals surface area contributed by atoms with E-state index in [9.17, 15) is 20.1 Å². The SMILES string of the molecule is CCCCCCCCCC/C=C/CC/C=C/CC/C=C/C(O)C(CO)NC(=O)CC(O)CCCCCCCCCCCCCCCCCCCCCCCCCCCCCC. The van der Waals surface area contributed by atoms with E-state index in [0.717, 1.165) is 38.5 Å². The minimum Gasteiger partial charge on any atom is -0.394 e. The quantitative estimate of drug-likeness (QED) is 0.0362. The number of allylic oxidation sites excluding steroid dienone is 5. The van der Waals surface area contributed by atoms with Crippen LogP contribution in [-0.4, -0.2) is 46.1 Å². The third kappa shape index (κ3) is 47.9. The van der Waals surface area contributed by atoms with Gasteiger partial charge in [0.05, 0.1) is 31.3 Å². The molecule has 0 aromatic carbocycles. The summed E-state index contributed by atoms with van der Waals surface area (Å²) in [6.07, 6.45) is 66.2. The van der Waals surface area contributed by atoms with Crippen LogP contribution in [0, 0.1) is 0 Å². The summed E-state index contributed by atoms with van der Waals surface area (Å²) in [6.45, 7) is 4.22. The first-order chi connectivity index (χ1) is 30.0. The lowest BCUT2D eigenvalue weighted by Gasteiger charge is -2.21. The molecule has 0 saturated carbocycles. The van der Waals surface area contributed by atoms with Gasteiger partial charge in [0.1, 0.15) is 0 Å². The van der Waals surface area contributed by atoms with E-state index in [-0.39, 0.29) is 18.9 Å². The fourth-order valence-electron chi connectivity index (χ4n) is 8.49. The van der Waals surface area contributed by atoms with Gasteiger partial charge in [-0.05, 0) is 44.9 Å². The number of unbranched alkanes of at least 4 members (excludes halogenated alkanes) is 37. The van der Waals surface area contributed by atoms with Crippen LogP contribution >= 0.6 is 0 Å². The molecule has 360 valence electrons. The van der Waals surface area contributed by atoms with Crippen molar-refractivity contribution in [1.29, 1.82) is 0 Å². The van der Waals surface area contributed by atoms with Crippen LogP contribution in [0.2, 0.25) is 0 Å². The normalized spacial score (nSPS) is 13.6. The van der Waals surface area contributed by atoms with Gasteiger partial charge in [-0.3, -0.25) is 4.79 Å². The van der Waals surface area contributed by atoms with E-state index < -0.39 is 18.2 Å². The molecule has 3 unspecified atom stereocenters. The summed E-state index contributed by atoms with van der Waals surface area (Å²) >= 11 is 0. The number of nitrogens with one attached hydrogen (secondary N) is 1. The summed E-state index contributed by atoms with van der Waals surface area (Å²) < 4.78 is 0. The number of carbonyl (C=O) groups is 1. The predicted octanol–water partition coefficient (Wildman–Crippen LogP) is 16.7. The predicted molar refractivity (Wildman–Crippen MR) is 268 cm³/mol. The summed E-state index contributed by atoms with van der Waals surface area (Å²) in [5.41, 5.74) is 0. The first kappa shape index (κ1) is 59.6. The Bertz CT molecular complexity index is 947. The van der Waals surface area contributed by atoms with Crippen molar-refractivity contribution in [3.63, 3.8) is 0 Å². The molecular weight excluding hydrogens is 751 g/mol. The maximum absolute atomic E-state index is 12.5. The number of hydrogen-bond donors (Lipinski definition) is 4. The first-order valence-electron chi connectivity index (χ1n) is 27.3. The fourth-order valence-corrected chi connectivity index (χ4v) is 8.49. The Morgan fingerprint density at radius 2 is 0.705 bits per heavy atom. The minimum atomic E-state index is -0.959. The zero-order chi connectivity index (χ0) is 44.4. The molecule has 0 aromatic heterocycles. The summed E-state index contributed by atoms with van der Waals surface area (Å²) in [6, 6.07) is -0.766. The van der Waals surface area contributed by atoms with Gasteiger partial charge in [0.2, 0.25) is 5.91 Å². The maximum atomic E-state index is 12.5. The summed E-state index contributed by atoms with van der Waals surface area (Å²) in [4.78, 5) is 12.5. The molecule has 1 amide bonds. The number of hydrogen-bond acceptors (Lipinski definition) is 4. The van der Waals surface area contributed by atoms with Gasteiger partial charge in [-0.15, -0.1) is 0 Å². The Morgan fingerprint density at radius 1 is 0.410 bits per heavy atom. The first-order valence-corrected chi connectivity index (χ1v) is 27.3. The van der Waals surface area contributed by atoms with E-state index in [0.29, 0.717) is 6.42 Å². The molecule has 0 saturated heterocycles. The van der Waals surface area contributed by atoms with Gasteiger partial charge in [0.15, 0.2) is 0 Å². The minimum absolute atomic E-state index is 0.00557. The van der Waals surface area contributed by atoms with Crippen molar-refractivity contribution < 1.29 is 20.1 Å². The zero-order valence-electron chi connectivity index (χ0n) is 41.1. The van der Waals surface area contributed by atoms with E-state index in [1.165, 1.54) is 225 Å². The van der Waals surface area contributed by atoms with Crippen molar-refractivity contribution in [2.45, 2.75) is 308 Å². The second-order valence-corrected chi connectivity index (χ2v) is 18.8. The Labute approximate surface area is 381 Å². The average molecular weight is 858 g/mol. The second kappa shape index (κ2) is 51.2. The molecular formula is C56H107NO4. The molecule has 0 aliphatic heterocycles. The summed E-state index contributed by atoms with van der Waals surface area (Å²) in [5.74, 6) is -0.325. The van der Waals surface area contributed by atoms with Crippen LogP contribution in [0.15, 0.2) is 36.5 Å². The second-order valence-electron chi connectivity index (χ2n) is 18.8. The molecule has 0 fully saturated rings. The number of carbonyl (C=O) groups excluding carboxylic acids is 1. The highest BCUT2D eigenvalue weighted by atomic mass is 16.3. The molecule has 0 spiro atoms. The summed E-state index contributed by atoms with van der Waals surface area (Å²) in [7, 11) is 0. The van der Waals surface area contributed by atoms with Crippen molar-refractivity contribution in [3.05, 3.63) is 36.5 Å². The Kier molecular flexibility index (Phi) is 50.0. The van der Waals surface area contributed by atoms with Gasteiger partial charge in [-0.25, -0.2) is 0 Å². The van der Waals surface area contributed by atoms with Crippen molar-refractivity contribution in [3.8, 4) is 0 Å². The van der Waals surface area contributed by atoms with Crippen LogP contribution in [0.5, 0.6) is 0 Å². The molecule has 4 N–H and O–H groups in total.